The molecule has 0 atom stereocenters. The molecule has 0 radical (unpaired) electrons. The van der Waals surface area contributed by atoms with Gasteiger partial charge in [-0.1, -0.05) is 6.92 Å². The van der Waals surface area contributed by atoms with Gasteiger partial charge in [0, 0.05) is 0 Å². The molecule has 0 spiro atoms. The number of rotatable bonds is 7. The molecule has 0 aliphatic rings. The molecule has 0 fully saturated rings. The lowest BCUT2D eigenvalue weighted by Gasteiger charge is -2.21. The zero-order valence-electron chi connectivity index (χ0n) is 9.92. The van der Waals surface area contributed by atoms with Crippen LogP contribution in [0.15, 0.2) is 0 Å². The van der Waals surface area contributed by atoms with Crippen molar-refractivity contribution in [2.75, 3.05) is 19.6 Å². The fourth-order valence-electron chi connectivity index (χ4n) is 1.37. The summed E-state index contributed by atoms with van der Waals surface area (Å²) in [5, 5.41) is 8.82. The third kappa shape index (κ3) is 6.92. The highest BCUT2D eigenvalue weighted by Crippen LogP contribution is 2.20. The van der Waals surface area contributed by atoms with Crippen LogP contribution in [0.2, 0.25) is 0 Å². The van der Waals surface area contributed by atoms with Gasteiger partial charge in [-0.15, -0.1) is 0 Å². The minimum Gasteiger partial charge on any atom is -0.369 e. The van der Waals surface area contributed by atoms with E-state index in [-0.39, 0.29) is 11.3 Å². The van der Waals surface area contributed by atoms with Gasteiger partial charge >= 0.3 is 0 Å². The quantitative estimate of drug-likeness (QED) is 0.686. The van der Waals surface area contributed by atoms with Crippen LogP contribution in [-0.2, 0) is 4.79 Å². The molecule has 4 heteroatoms. The monoisotopic (exact) mass is 211 g/mol. The summed E-state index contributed by atoms with van der Waals surface area (Å²) in [5.74, 6) is -0.295. The zero-order chi connectivity index (χ0) is 11.9. The molecule has 15 heavy (non-hydrogen) atoms. The van der Waals surface area contributed by atoms with E-state index >= 15 is 0 Å². The molecule has 0 aromatic carbocycles. The van der Waals surface area contributed by atoms with Crippen LogP contribution in [0.4, 0.5) is 0 Å². The lowest BCUT2D eigenvalue weighted by molar-refractivity contribution is -0.119. The molecule has 86 valence electrons. The Morgan fingerprint density at radius 3 is 2.53 bits per heavy atom. The van der Waals surface area contributed by atoms with Crippen LogP contribution in [-0.4, -0.2) is 30.4 Å². The smallest absolute Gasteiger partial charge is 0.231 e. The second kappa shape index (κ2) is 6.41. The summed E-state index contributed by atoms with van der Waals surface area (Å²) in [6.45, 7) is 7.80. The molecule has 0 unspecified atom stereocenters. The van der Waals surface area contributed by atoms with Gasteiger partial charge in [0.15, 0.2) is 0 Å². The SMILES string of the molecule is CCN(CCCC(C)(C)C#N)CC(N)=O. The highest BCUT2D eigenvalue weighted by Gasteiger charge is 2.16. The van der Waals surface area contributed by atoms with Crippen molar-refractivity contribution in [2.24, 2.45) is 11.1 Å². The predicted molar refractivity (Wildman–Crippen MR) is 59.9 cm³/mol. The van der Waals surface area contributed by atoms with Gasteiger partial charge in [-0.05, 0) is 39.8 Å². The van der Waals surface area contributed by atoms with Crippen molar-refractivity contribution < 1.29 is 4.79 Å². The Labute approximate surface area is 92.0 Å². The van der Waals surface area contributed by atoms with Crippen LogP contribution in [0, 0.1) is 16.7 Å². The van der Waals surface area contributed by atoms with Crippen molar-refractivity contribution in [3.8, 4) is 6.07 Å². The van der Waals surface area contributed by atoms with Gasteiger partial charge in [0.1, 0.15) is 0 Å². The summed E-state index contributed by atoms with van der Waals surface area (Å²) < 4.78 is 0. The Bertz CT molecular complexity index is 243. The van der Waals surface area contributed by atoms with Crippen molar-refractivity contribution in [1.82, 2.24) is 4.90 Å². The lowest BCUT2D eigenvalue weighted by Crippen LogP contribution is -2.34. The number of amides is 1. The van der Waals surface area contributed by atoms with E-state index in [1.165, 1.54) is 0 Å². The van der Waals surface area contributed by atoms with E-state index in [0.29, 0.717) is 6.54 Å². The van der Waals surface area contributed by atoms with Crippen molar-refractivity contribution >= 4 is 5.91 Å². The van der Waals surface area contributed by atoms with Gasteiger partial charge in [0.2, 0.25) is 5.91 Å². The number of hydrogen-bond acceptors (Lipinski definition) is 3. The number of primary amides is 1. The maximum absolute atomic E-state index is 10.7. The Hall–Kier alpha value is -1.08. The molecule has 0 saturated heterocycles. The first-order valence-electron chi connectivity index (χ1n) is 5.33. The second-order valence-corrected chi connectivity index (χ2v) is 4.43. The summed E-state index contributed by atoms with van der Waals surface area (Å²) in [6.07, 6.45) is 1.76. The Morgan fingerprint density at radius 2 is 2.13 bits per heavy atom. The van der Waals surface area contributed by atoms with E-state index in [4.69, 9.17) is 11.0 Å². The van der Waals surface area contributed by atoms with Gasteiger partial charge in [-0.3, -0.25) is 9.69 Å². The van der Waals surface area contributed by atoms with Crippen LogP contribution in [0.5, 0.6) is 0 Å². The van der Waals surface area contributed by atoms with Crippen molar-refractivity contribution in [2.45, 2.75) is 33.6 Å². The molecular weight excluding hydrogens is 190 g/mol. The van der Waals surface area contributed by atoms with Gasteiger partial charge in [0.05, 0.1) is 18.0 Å². The summed E-state index contributed by atoms with van der Waals surface area (Å²) in [6, 6.07) is 2.26. The predicted octanol–water partition coefficient (Wildman–Crippen LogP) is 1.12. The van der Waals surface area contributed by atoms with E-state index in [1.807, 2.05) is 25.7 Å². The Kier molecular flexibility index (Phi) is 5.95. The lowest BCUT2D eigenvalue weighted by atomic mass is 9.90. The van der Waals surface area contributed by atoms with Crippen LogP contribution in [0.3, 0.4) is 0 Å². The molecule has 0 saturated carbocycles. The summed E-state index contributed by atoms with van der Waals surface area (Å²) in [4.78, 5) is 12.7. The van der Waals surface area contributed by atoms with E-state index in [0.717, 1.165) is 25.9 Å². The third-order valence-electron chi connectivity index (χ3n) is 2.41. The van der Waals surface area contributed by atoms with Crippen molar-refractivity contribution in [3.63, 3.8) is 0 Å². The minimum absolute atomic E-state index is 0.272. The summed E-state index contributed by atoms with van der Waals surface area (Å²) in [7, 11) is 0. The number of hydrogen-bond donors (Lipinski definition) is 1. The molecule has 0 aliphatic carbocycles. The largest absolute Gasteiger partial charge is 0.369 e. The zero-order valence-corrected chi connectivity index (χ0v) is 9.92. The van der Waals surface area contributed by atoms with E-state index < -0.39 is 0 Å². The molecule has 0 aliphatic heterocycles. The van der Waals surface area contributed by atoms with Crippen LogP contribution in [0.1, 0.15) is 33.6 Å². The number of likely N-dealkylation sites (N-methyl/N-ethyl adjacent to an activating group) is 1. The summed E-state index contributed by atoms with van der Waals surface area (Å²) in [5.41, 5.74) is 4.85. The standard InChI is InChI=1S/C11H21N3O/c1-4-14(8-10(13)15)7-5-6-11(2,3)9-12/h4-8H2,1-3H3,(H2,13,15). The fraction of sp³-hybridized carbons (Fsp3) is 0.818. The Balaban J connectivity index is 3.83. The summed E-state index contributed by atoms with van der Waals surface area (Å²) >= 11 is 0. The Morgan fingerprint density at radius 1 is 1.53 bits per heavy atom. The first kappa shape index (κ1) is 13.9. The van der Waals surface area contributed by atoms with E-state index in [2.05, 4.69) is 6.07 Å². The van der Waals surface area contributed by atoms with Gasteiger partial charge < -0.3 is 5.73 Å². The number of nitrogens with zero attached hydrogens (tertiary/aromatic N) is 2. The number of carbonyl (C=O) groups is 1. The molecule has 0 aromatic heterocycles. The van der Waals surface area contributed by atoms with E-state index in [1.54, 1.807) is 0 Å². The molecule has 2 N–H and O–H groups in total. The van der Waals surface area contributed by atoms with E-state index in [9.17, 15) is 4.79 Å². The second-order valence-electron chi connectivity index (χ2n) is 4.43. The average Bonchev–Trinajstić information content (AvgIpc) is 2.15. The maximum Gasteiger partial charge on any atom is 0.231 e. The molecule has 4 nitrogen and oxygen atoms in total. The fourth-order valence-corrected chi connectivity index (χ4v) is 1.37. The molecule has 0 heterocycles. The van der Waals surface area contributed by atoms with Gasteiger partial charge in [-0.2, -0.15) is 5.26 Å². The average molecular weight is 211 g/mol. The van der Waals surface area contributed by atoms with Crippen LogP contribution < -0.4 is 5.73 Å². The minimum atomic E-state index is -0.295. The normalized spacial score (nSPS) is 11.4. The number of carbonyl (C=O) groups excluding carboxylic acids is 1. The first-order valence-corrected chi connectivity index (χ1v) is 5.33. The molecular formula is C11H21N3O. The number of nitriles is 1. The first-order chi connectivity index (χ1) is 6.91. The molecule has 1 amide bonds. The van der Waals surface area contributed by atoms with Crippen molar-refractivity contribution in [3.05, 3.63) is 0 Å². The molecule has 0 aromatic rings. The number of nitrogens with two attached hydrogens (primary N) is 1. The molecule has 0 rings (SSSR count). The highest BCUT2D eigenvalue weighted by atomic mass is 16.1. The van der Waals surface area contributed by atoms with Crippen molar-refractivity contribution in [1.29, 1.82) is 5.26 Å². The van der Waals surface area contributed by atoms with Gasteiger partial charge in [-0.25, -0.2) is 0 Å². The molecule has 0 bridgehead atoms. The van der Waals surface area contributed by atoms with Gasteiger partial charge in [0.25, 0.3) is 0 Å². The maximum atomic E-state index is 10.7. The third-order valence-corrected chi connectivity index (χ3v) is 2.41. The van der Waals surface area contributed by atoms with Crippen LogP contribution in [0.25, 0.3) is 0 Å². The highest BCUT2D eigenvalue weighted by molar-refractivity contribution is 5.75. The van der Waals surface area contributed by atoms with Crippen LogP contribution >= 0.6 is 0 Å². The topological polar surface area (TPSA) is 70.1 Å².